The molecule has 0 saturated heterocycles. The Kier molecular flexibility index (Phi) is 4.24. The zero-order valence-corrected chi connectivity index (χ0v) is 9.05. The number of Topliss-reactive ketones (excluding diaryl/α,β-unsaturated/α-hetero) is 1. The lowest BCUT2D eigenvalue weighted by molar-refractivity contribution is -0.287. The standard InChI is InChI=1S/C8H5F5O2S.H2O/c1-3(14)6-4(15)2-5(16-6)7(9,10)8(11,12)13;/h2,15H,1H3;1H2. The van der Waals surface area contributed by atoms with Gasteiger partial charge in [0, 0.05) is 13.0 Å². The summed E-state index contributed by atoms with van der Waals surface area (Å²) in [4.78, 5) is 8.87. The van der Waals surface area contributed by atoms with Gasteiger partial charge >= 0.3 is 12.1 Å². The Hall–Kier alpha value is -1.22. The minimum atomic E-state index is -5.75. The van der Waals surface area contributed by atoms with Gasteiger partial charge < -0.3 is 10.6 Å². The monoisotopic (exact) mass is 278 g/mol. The zero-order valence-electron chi connectivity index (χ0n) is 8.23. The van der Waals surface area contributed by atoms with Crippen LogP contribution in [0.2, 0.25) is 0 Å². The molecule has 0 saturated carbocycles. The van der Waals surface area contributed by atoms with Crippen LogP contribution in [0.15, 0.2) is 6.07 Å². The highest BCUT2D eigenvalue weighted by atomic mass is 32.1. The smallest absolute Gasteiger partial charge is 0.458 e. The Morgan fingerprint density at radius 3 is 2.06 bits per heavy atom. The number of alkyl halides is 5. The van der Waals surface area contributed by atoms with Gasteiger partial charge in [0.25, 0.3) is 0 Å². The van der Waals surface area contributed by atoms with Crippen LogP contribution in [0.3, 0.4) is 0 Å². The van der Waals surface area contributed by atoms with Crippen molar-refractivity contribution in [1.29, 1.82) is 0 Å². The van der Waals surface area contributed by atoms with Gasteiger partial charge in [-0.1, -0.05) is 0 Å². The molecule has 0 spiro atoms. The van der Waals surface area contributed by atoms with E-state index in [0.29, 0.717) is 0 Å². The maximum atomic E-state index is 12.8. The highest BCUT2D eigenvalue weighted by molar-refractivity contribution is 7.14. The molecule has 0 aliphatic rings. The number of halogens is 5. The zero-order chi connectivity index (χ0) is 12.7. The van der Waals surface area contributed by atoms with Crippen LogP contribution >= 0.6 is 11.3 Å². The molecule has 0 radical (unpaired) electrons. The molecule has 0 aromatic carbocycles. The van der Waals surface area contributed by atoms with Crippen molar-refractivity contribution in [1.82, 2.24) is 0 Å². The first-order valence-corrected chi connectivity index (χ1v) is 4.67. The molecule has 1 aromatic heterocycles. The Balaban J connectivity index is 0.00000256. The van der Waals surface area contributed by atoms with E-state index in [0.717, 1.165) is 6.92 Å². The largest absolute Gasteiger partial charge is 0.506 e. The molecule has 9 heteroatoms. The Morgan fingerprint density at radius 1 is 1.29 bits per heavy atom. The van der Waals surface area contributed by atoms with Crippen molar-refractivity contribution in [3.05, 3.63) is 15.8 Å². The number of aromatic hydroxyl groups is 1. The molecule has 0 atom stereocenters. The SMILES string of the molecule is CC(=O)c1sc(C(F)(F)C(F)(F)F)cc1O.O. The molecule has 0 fully saturated rings. The molecule has 0 aliphatic heterocycles. The highest BCUT2D eigenvalue weighted by Crippen LogP contribution is 2.48. The molecular formula is C8H7F5O3S. The molecule has 17 heavy (non-hydrogen) atoms. The van der Waals surface area contributed by atoms with E-state index in [4.69, 9.17) is 5.11 Å². The van der Waals surface area contributed by atoms with Crippen molar-refractivity contribution < 1.29 is 37.3 Å². The Labute approximate surface area is 95.8 Å². The average molecular weight is 278 g/mol. The number of ketones is 1. The minimum absolute atomic E-state index is 0. The average Bonchev–Trinajstić information content (AvgIpc) is 2.45. The second-order valence-electron chi connectivity index (χ2n) is 2.95. The van der Waals surface area contributed by atoms with Crippen molar-refractivity contribution in [3.63, 3.8) is 0 Å². The van der Waals surface area contributed by atoms with E-state index in [1.807, 2.05) is 0 Å². The third-order valence-corrected chi connectivity index (χ3v) is 2.99. The van der Waals surface area contributed by atoms with Gasteiger partial charge in [-0.2, -0.15) is 22.0 Å². The number of rotatable bonds is 2. The summed E-state index contributed by atoms with van der Waals surface area (Å²) in [7, 11) is 0. The summed E-state index contributed by atoms with van der Waals surface area (Å²) in [6.45, 7) is 0.959. The molecule has 98 valence electrons. The molecule has 3 N–H and O–H groups in total. The summed E-state index contributed by atoms with van der Waals surface area (Å²) < 4.78 is 61.4. The molecule has 1 rings (SSSR count). The maximum Gasteiger partial charge on any atom is 0.458 e. The van der Waals surface area contributed by atoms with Crippen LogP contribution < -0.4 is 0 Å². The molecule has 0 amide bonds. The first-order chi connectivity index (χ1) is 7.07. The highest BCUT2D eigenvalue weighted by Gasteiger charge is 2.60. The van der Waals surface area contributed by atoms with Crippen molar-refractivity contribution in [2.75, 3.05) is 0 Å². The molecule has 3 nitrogen and oxygen atoms in total. The minimum Gasteiger partial charge on any atom is -0.506 e. The van der Waals surface area contributed by atoms with Crippen molar-refractivity contribution in [2.45, 2.75) is 19.0 Å². The normalized spacial score (nSPS) is 12.1. The van der Waals surface area contributed by atoms with Gasteiger partial charge in [-0.05, 0) is 0 Å². The van der Waals surface area contributed by atoms with E-state index in [-0.39, 0.29) is 22.9 Å². The van der Waals surface area contributed by atoms with Gasteiger partial charge in [-0.3, -0.25) is 4.79 Å². The molecule has 0 aliphatic carbocycles. The number of thiophene rings is 1. The third kappa shape index (κ3) is 2.72. The predicted octanol–water partition coefficient (Wildman–Crippen LogP) is 2.49. The topological polar surface area (TPSA) is 68.8 Å². The lowest BCUT2D eigenvalue weighted by Gasteiger charge is -2.17. The van der Waals surface area contributed by atoms with E-state index in [2.05, 4.69) is 0 Å². The van der Waals surface area contributed by atoms with Crippen molar-refractivity contribution in [3.8, 4) is 5.75 Å². The van der Waals surface area contributed by atoms with Crippen LogP contribution in [0.25, 0.3) is 0 Å². The maximum absolute atomic E-state index is 12.8. The summed E-state index contributed by atoms with van der Waals surface area (Å²) in [6.07, 6.45) is -5.75. The van der Waals surface area contributed by atoms with Gasteiger partial charge in [0.15, 0.2) is 5.78 Å². The number of carbonyl (C=O) groups is 1. The van der Waals surface area contributed by atoms with Crippen LogP contribution in [-0.4, -0.2) is 22.5 Å². The van der Waals surface area contributed by atoms with Crippen LogP contribution in [0.1, 0.15) is 21.5 Å². The van der Waals surface area contributed by atoms with Crippen molar-refractivity contribution in [2.24, 2.45) is 0 Å². The Bertz CT molecular complexity index is 423. The second-order valence-corrected chi connectivity index (χ2v) is 4.01. The van der Waals surface area contributed by atoms with E-state index in [1.165, 1.54) is 0 Å². The summed E-state index contributed by atoms with van der Waals surface area (Å²) >= 11 is -0.0681. The van der Waals surface area contributed by atoms with Crippen LogP contribution in [0.4, 0.5) is 22.0 Å². The molecule has 1 aromatic rings. The van der Waals surface area contributed by atoms with Gasteiger partial charge in [-0.15, -0.1) is 11.3 Å². The summed E-state index contributed by atoms with van der Waals surface area (Å²) in [5, 5.41) is 9.02. The second kappa shape index (κ2) is 4.57. The van der Waals surface area contributed by atoms with Crippen LogP contribution in [-0.2, 0) is 5.92 Å². The summed E-state index contributed by atoms with van der Waals surface area (Å²) in [6, 6.07) is 0.259. The molecule has 0 unspecified atom stereocenters. The summed E-state index contributed by atoms with van der Waals surface area (Å²) in [5.41, 5.74) is 0. The number of carbonyl (C=O) groups excluding carboxylic acids is 1. The van der Waals surface area contributed by atoms with Crippen LogP contribution in [0, 0.1) is 0 Å². The molecule has 0 bridgehead atoms. The fourth-order valence-electron chi connectivity index (χ4n) is 0.928. The quantitative estimate of drug-likeness (QED) is 0.667. The molecule has 1 heterocycles. The first-order valence-electron chi connectivity index (χ1n) is 3.86. The van der Waals surface area contributed by atoms with E-state index < -0.39 is 33.4 Å². The lowest BCUT2D eigenvalue weighted by Crippen LogP contribution is -2.32. The van der Waals surface area contributed by atoms with Gasteiger partial charge in [0.1, 0.15) is 10.6 Å². The lowest BCUT2D eigenvalue weighted by atomic mass is 10.2. The molecular weight excluding hydrogens is 271 g/mol. The van der Waals surface area contributed by atoms with Gasteiger partial charge in [-0.25, -0.2) is 0 Å². The third-order valence-electron chi connectivity index (χ3n) is 1.70. The van der Waals surface area contributed by atoms with Gasteiger partial charge in [0.2, 0.25) is 0 Å². The number of hydrogen-bond acceptors (Lipinski definition) is 3. The predicted molar refractivity (Wildman–Crippen MR) is 49.6 cm³/mol. The van der Waals surface area contributed by atoms with Crippen molar-refractivity contribution >= 4 is 17.1 Å². The van der Waals surface area contributed by atoms with E-state index in [1.54, 1.807) is 0 Å². The number of hydrogen-bond donors (Lipinski definition) is 1. The van der Waals surface area contributed by atoms with Gasteiger partial charge in [0.05, 0.1) is 4.88 Å². The fraction of sp³-hybridized carbons (Fsp3) is 0.375. The fourth-order valence-corrected chi connectivity index (χ4v) is 1.87. The Morgan fingerprint density at radius 2 is 1.76 bits per heavy atom. The van der Waals surface area contributed by atoms with E-state index >= 15 is 0 Å². The first kappa shape index (κ1) is 15.8. The summed E-state index contributed by atoms with van der Waals surface area (Å²) in [5.74, 6) is -6.70. The van der Waals surface area contributed by atoms with Crippen LogP contribution in [0.5, 0.6) is 5.75 Å². The van der Waals surface area contributed by atoms with E-state index in [9.17, 15) is 26.7 Å².